The maximum atomic E-state index is 13.6. The van der Waals surface area contributed by atoms with E-state index in [0.29, 0.717) is 30.2 Å². The number of carbonyl (C=O) groups excluding carboxylic acids is 1. The van der Waals surface area contributed by atoms with Crippen LogP contribution in [0.5, 0.6) is 5.75 Å². The quantitative estimate of drug-likeness (QED) is 0.279. The fourth-order valence-corrected chi connectivity index (χ4v) is 5.02. The second-order valence-corrected chi connectivity index (χ2v) is 10.3. The molecule has 0 unspecified atom stereocenters. The predicted molar refractivity (Wildman–Crippen MR) is 157 cm³/mol. The van der Waals surface area contributed by atoms with Crippen molar-refractivity contribution in [3.8, 4) is 16.9 Å². The van der Waals surface area contributed by atoms with Gasteiger partial charge in [-0.2, -0.15) is 0 Å². The maximum absolute atomic E-state index is 13.6. The van der Waals surface area contributed by atoms with E-state index >= 15 is 0 Å². The Hall–Kier alpha value is -3.29. The van der Waals surface area contributed by atoms with Crippen molar-refractivity contribution in [3.63, 3.8) is 0 Å². The number of nitrogens with zero attached hydrogens (tertiary/aromatic N) is 3. The van der Waals surface area contributed by atoms with Gasteiger partial charge in [-0.1, -0.05) is 43.6 Å². The zero-order chi connectivity index (χ0) is 27.9. The zero-order valence-corrected chi connectivity index (χ0v) is 24.0. The van der Waals surface area contributed by atoms with Crippen LogP contribution in [0, 0.1) is 5.82 Å². The van der Waals surface area contributed by atoms with Crippen LogP contribution in [0.2, 0.25) is 5.02 Å². The first-order valence-electron chi connectivity index (χ1n) is 13.6. The number of rotatable bonds is 7. The highest BCUT2D eigenvalue weighted by molar-refractivity contribution is 6.31. The molecule has 3 aromatic carbocycles. The summed E-state index contributed by atoms with van der Waals surface area (Å²) < 4.78 is 21.5. The van der Waals surface area contributed by atoms with Gasteiger partial charge in [0.05, 0.1) is 17.6 Å². The van der Waals surface area contributed by atoms with Gasteiger partial charge in [-0.05, 0) is 65.9 Å². The lowest BCUT2D eigenvalue weighted by atomic mass is 10.0. The van der Waals surface area contributed by atoms with E-state index in [-0.39, 0.29) is 11.7 Å². The molecule has 0 bridgehead atoms. The number of benzene rings is 3. The van der Waals surface area contributed by atoms with Gasteiger partial charge in [-0.3, -0.25) is 19.5 Å². The van der Waals surface area contributed by atoms with Gasteiger partial charge >= 0.3 is 0 Å². The number of aromatic nitrogens is 2. The van der Waals surface area contributed by atoms with Crippen molar-refractivity contribution >= 4 is 28.5 Å². The third-order valence-electron chi connectivity index (χ3n) is 7.14. The third-order valence-corrected chi connectivity index (χ3v) is 7.50. The summed E-state index contributed by atoms with van der Waals surface area (Å²) in [6.07, 6.45) is 2.02. The maximum Gasteiger partial charge on any atom is 0.219 e. The van der Waals surface area contributed by atoms with Gasteiger partial charge in [0.2, 0.25) is 5.91 Å². The van der Waals surface area contributed by atoms with E-state index in [0.717, 1.165) is 38.3 Å². The van der Waals surface area contributed by atoms with Crippen molar-refractivity contribution in [3.05, 3.63) is 76.6 Å². The van der Waals surface area contributed by atoms with E-state index in [4.69, 9.17) is 16.3 Å². The van der Waals surface area contributed by atoms with Gasteiger partial charge in [0.15, 0.2) is 0 Å². The average molecular weight is 553 g/mol. The van der Waals surface area contributed by atoms with Gasteiger partial charge in [0.1, 0.15) is 11.6 Å². The number of ether oxygens (including phenoxy) is 1. The van der Waals surface area contributed by atoms with Gasteiger partial charge in [-0.25, -0.2) is 4.39 Å². The molecule has 1 aliphatic heterocycles. The second kappa shape index (κ2) is 13.2. The lowest BCUT2D eigenvalue weighted by Crippen LogP contribution is -2.47. The Morgan fingerprint density at radius 2 is 1.74 bits per heavy atom. The minimum atomic E-state index is -0.267. The number of fused-ring (bicyclic) bond motifs is 1. The fraction of sp³-hybridized carbons (Fsp3) is 0.387. The average Bonchev–Trinajstić information content (AvgIpc) is 2.93. The van der Waals surface area contributed by atoms with Gasteiger partial charge < -0.3 is 9.64 Å². The molecule has 1 saturated heterocycles. The van der Waals surface area contributed by atoms with Crippen LogP contribution in [0.1, 0.15) is 38.3 Å². The minimum absolute atomic E-state index is 0.0959. The first-order chi connectivity index (χ1) is 18.8. The van der Waals surface area contributed by atoms with E-state index in [9.17, 15) is 9.18 Å². The van der Waals surface area contributed by atoms with E-state index in [1.54, 1.807) is 24.0 Å². The molecule has 0 aliphatic carbocycles. The summed E-state index contributed by atoms with van der Waals surface area (Å²) in [6.45, 7) is 10.1. The molecule has 0 atom stereocenters. The molecule has 5 rings (SSSR count). The van der Waals surface area contributed by atoms with Crippen LogP contribution in [0.15, 0.2) is 54.6 Å². The Bertz CT molecular complexity index is 1380. The SMILES string of the molecule is CC(=O)N1CCN(Cc2c(F)cccc2Cl)CC1.CCCOc1ccc(-c2ccc3c(c2)[nH]n3C)cc1CC. The molecular formula is C31H38ClFN4O2. The number of aromatic amines is 1. The Kier molecular flexibility index (Phi) is 9.70. The molecule has 0 saturated carbocycles. The largest absolute Gasteiger partial charge is 0.493 e. The van der Waals surface area contributed by atoms with Crippen molar-refractivity contribution < 1.29 is 13.9 Å². The van der Waals surface area contributed by atoms with Crippen molar-refractivity contribution in [2.75, 3.05) is 32.8 Å². The fourth-order valence-electron chi connectivity index (χ4n) is 4.80. The van der Waals surface area contributed by atoms with E-state index < -0.39 is 0 Å². The van der Waals surface area contributed by atoms with E-state index in [1.165, 1.54) is 33.8 Å². The van der Waals surface area contributed by atoms with E-state index in [1.807, 2.05) is 11.7 Å². The Balaban J connectivity index is 0.000000183. The summed E-state index contributed by atoms with van der Waals surface area (Å²) in [5.74, 6) is 0.847. The molecule has 1 amide bonds. The van der Waals surface area contributed by atoms with Gasteiger partial charge in [-0.15, -0.1) is 0 Å². The number of piperazine rings is 1. The molecule has 8 heteroatoms. The van der Waals surface area contributed by atoms with E-state index in [2.05, 4.69) is 60.2 Å². The second-order valence-electron chi connectivity index (χ2n) is 9.91. The lowest BCUT2D eigenvalue weighted by molar-refractivity contribution is -0.130. The molecule has 6 nitrogen and oxygen atoms in total. The highest BCUT2D eigenvalue weighted by atomic mass is 35.5. The molecule has 0 radical (unpaired) electrons. The summed E-state index contributed by atoms with van der Waals surface area (Å²) >= 11 is 6.00. The Morgan fingerprint density at radius 3 is 2.36 bits per heavy atom. The highest BCUT2D eigenvalue weighted by Gasteiger charge is 2.20. The minimum Gasteiger partial charge on any atom is -0.493 e. The highest BCUT2D eigenvalue weighted by Crippen LogP contribution is 2.29. The lowest BCUT2D eigenvalue weighted by Gasteiger charge is -2.34. The van der Waals surface area contributed by atoms with Crippen molar-refractivity contribution in [2.24, 2.45) is 7.05 Å². The van der Waals surface area contributed by atoms with Crippen LogP contribution in [-0.4, -0.2) is 58.3 Å². The van der Waals surface area contributed by atoms with Crippen LogP contribution in [0.25, 0.3) is 22.2 Å². The molecule has 1 fully saturated rings. The number of halogens is 2. The molecule has 2 heterocycles. The number of hydrogen-bond donors (Lipinski definition) is 1. The number of hydrogen-bond acceptors (Lipinski definition) is 3. The third kappa shape index (κ3) is 7.02. The van der Waals surface area contributed by atoms with Gasteiger partial charge in [0, 0.05) is 57.3 Å². The molecule has 1 aliphatic rings. The topological polar surface area (TPSA) is 53.5 Å². The molecule has 1 aromatic heterocycles. The van der Waals surface area contributed by atoms with Crippen molar-refractivity contribution in [2.45, 2.75) is 40.2 Å². The number of nitrogens with one attached hydrogen (secondary N) is 1. The Morgan fingerprint density at radius 1 is 1.03 bits per heavy atom. The number of amides is 1. The predicted octanol–water partition coefficient (Wildman–Crippen LogP) is 6.67. The van der Waals surface area contributed by atoms with Crippen LogP contribution < -0.4 is 4.74 Å². The van der Waals surface area contributed by atoms with Gasteiger partial charge in [0.25, 0.3) is 0 Å². The molecule has 0 spiro atoms. The standard InChI is InChI=1S/C18H22N2O.C13H16ClFN2O/c1-4-10-21-18-9-7-14(11-13(18)5-2)15-6-8-17-16(12-15)19-20(17)3;1-10(18)17-7-5-16(6-8-17)9-11-12(14)3-2-4-13(11)15/h6-9,11-12,19H,4-5,10H2,1-3H3;2-4H,5-9H2,1H3. The van der Waals surface area contributed by atoms with Crippen molar-refractivity contribution in [1.29, 1.82) is 0 Å². The molecular weight excluding hydrogens is 515 g/mol. The first kappa shape index (κ1) is 28.7. The zero-order valence-electron chi connectivity index (χ0n) is 23.3. The summed E-state index contributed by atoms with van der Waals surface area (Å²) in [6, 6.07) is 17.8. The van der Waals surface area contributed by atoms with Crippen LogP contribution in [-0.2, 0) is 24.8 Å². The van der Waals surface area contributed by atoms with Crippen molar-refractivity contribution in [1.82, 2.24) is 19.6 Å². The number of carbonyl (C=O) groups is 1. The first-order valence-corrected chi connectivity index (χ1v) is 14.0. The normalized spacial score (nSPS) is 13.8. The summed E-state index contributed by atoms with van der Waals surface area (Å²) in [5, 5.41) is 3.73. The Labute approximate surface area is 235 Å². The summed E-state index contributed by atoms with van der Waals surface area (Å²) in [7, 11) is 2.02. The van der Waals surface area contributed by atoms with Crippen LogP contribution >= 0.6 is 11.6 Å². The molecule has 4 aromatic rings. The van der Waals surface area contributed by atoms with Crippen LogP contribution in [0.4, 0.5) is 4.39 Å². The summed E-state index contributed by atoms with van der Waals surface area (Å²) in [4.78, 5) is 15.1. The molecule has 208 valence electrons. The monoisotopic (exact) mass is 552 g/mol. The number of H-pyrrole nitrogens is 1. The number of aryl methyl sites for hydroxylation is 2. The molecule has 1 N–H and O–H groups in total. The smallest absolute Gasteiger partial charge is 0.219 e. The van der Waals surface area contributed by atoms with Crippen LogP contribution in [0.3, 0.4) is 0 Å². The summed E-state index contributed by atoms with van der Waals surface area (Å²) in [5.41, 5.74) is 6.74. The molecule has 39 heavy (non-hydrogen) atoms.